The number of nitrogens with zero attached hydrogens (tertiary/aromatic N) is 2. The van der Waals surface area contributed by atoms with E-state index in [1.807, 2.05) is 23.1 Å². The topological polar surface area (TPSA) is 88.2 Å². The third-order valence-electron chi connectivity index (χ3n) is 5.28. The van der Waals surface area contributed by atoms with Crippen LogP contribution in [0.5, 0.6) is 11.5 Å². The van der Waals surface area contributed by atoms with Gasteiger partial charge in [0, 0.05) is 43.8 Å². The highest BCUT2D eigenvalue weighted by atomic mass is 35.5. The molecule has 2 aliphatic rings. The summed E-state index contributed by atoms with van der Waals surface area (Å²) >= 11 is 6.11. The fourth-order valence-corrected chi connectivity index (χ4v) is 5.20. The number of hydrogen-bond acceptors (Lipinski definition) is 6. The van der Waals surface area contributed by atoms with Crippen molar-refractivity contribution in [3.8, 4) is 11.5 Å². The number of fused-ring (bicyclic) bond motifs is 1. The molecule has 0 atom stereocenters. The summed E-state index contributed by atoms with van der Waals surface area (Å²) in [6.07, 6.45) is 0. The Morgan fingerprint density at radius 1 is 1.00 bits per heavy atom. The van der Waals surface area contributed by atoms with Crippen molar-refractivity contribution in [3.63, 3.8) is 0 Å². The van der Waals surface area contributed by atoms with Crippen molar-refractivity contribution in [3.05, 3.63) is 53.1 Å². The molecule has 166 valence electrons. The summed E-state index contributed by atoms with van der Waals surface area (Å²) in [5.74, 6) is 0.877. The lowest BCUT2D eigenvalue weighted by Gasteiger charge is -2.33. The van der Waals surface area contributed by atoms with Crippen molar-refractivity contribution in [2.75, 3.05) is 45.9 Å². The summed E-state index contributed by atoms with van der Waals surface area (Å²) in [6.45, 7) is 3.00. The van der Waals surface area contributed by atoms with Crippen LogP contribution in [-0.2, 0) is 21.4 Å². The van der Waals surface area contributed by atoms with E-state index in [2.05, 4.69) is 5.32 Å². The molecule has 0 spiro atoms. The van der Waals surface area contributed by atoms with E-state index in [1.54, 1.807) is 12.1 Å². The smallest absolute Gasteiger partial charge is 0.243 e. The third kappa shape index (κ3) is 5.12. The first-order valence-corrected chi connectivity index (χ1v) is 11.9. The average Bonchev–Trinajstić information content (AvgIpc) is 2.78. The monoisotopic (exact) mass is 465 g/mol. The zero-order chi connectivity index (χ0) is 21.8. The number of amides is 1. The lowest BCUT2D eigenvalue weighted by atomic mass is 10.2. The number of carbonyl (C=O) groups is 1. The fraction of sp³-hybridized carbons (Fsp3) is 0.381. The Bertz CT molecular complexity index is 1050. The third-order valence-corrected chi connectivity index (χ3v) is 7.55. The van der Waals surface area contributed by atoms with E-state index in [4.69, 9.17) is 21.1 Å². The van der Waals surface area contributed by atoms with Gasteiger partial charge < -0.3 is 14.8 Å². The number of halogens is 1. The maximum absolute atomic E-state index is 13.0. The van der Waals surface area contributed by atoms with Crippen LogP contribution in [0.1, 0.15) is 5.56 Å². The minimum absolute atomic E-state index is 0.122. The number of hydrogen-bond donors (Lipinski definition) is 1. The highest BCUT2D eigenvalue weighted by Gasteiger charge is 2.30. The predicted molar refractivity (Wildman–Crippen MR) is 116 cm³/mol. The van der Waals surface area contributed by atoms with Gasteiger partial charge in [-0.15, -0.1) is 0 Å². The van der Waals surface area contributed by atoms with Crippen LogP contribution < -0.4 is 14.8 Å². The molecule has 0 radical (unpaired) electrons. The summed E-state index contributed by atoms with van der Waals surface area (Å²) in [6, 6.07) is 12.0. The van der Waals surface area contributed by atoms with E-state index in [1.165, 1.54) is 16.4 Å². The van der Waals surface area contributed by atoms with Gasteiger partial charge in [-0.3, -0.25) is 9.69 Å². The SMILES string of the molecule is O=C(CN1CCN(S(=O)(=O)c2ccc3c(c2)OCCO3)CC1)NCc1ccccc1Cl. The van der Waals surface area contributed by atoms with Gasteiger partial charge in [0.15, 0.2) is 11.5 Å². The van der Waals surface area contributed by atoms with Gasteiger partial charge in [-0.1, -0.05) is 29.8 Å². The Hall–Kier alpha value is -2.33. The zero-order valence-corrected chi connectivity index (χ0v) is 18.5. The molecule has 1 N–H and O–H groups in total. The fourth-order valence-electron chi connectivity index (χ4n) is 3.56. The van der Waals surface area contributed by atoms with Crippen LogP contribution in [0, 0.1) is 0 Å². The highest BCUT2D eigenvalue weighted by molar-refractivity contribution is 7.89. The largest absolute Gasteiger partial charge is 0.486 e. The van der Waals surface area contributed by atoms with Crippen molar-refractivity contribution in [2.24, 2.45) is 0 Å². The first kappa shape index (κ1) is 21.9. The number of sulfonamides is 1. The molecule has 8 nitrogen and oxygen atoms in total. The van der Waals surface area contributed by atoms with Crippen molar-refractivity contribution < 1.29 is 22.7 Å². The van der Waals surface area contributed by atoms with E-state index < -0.39 is 10.0 Å². The zero-order valence-electron chi connectivity index (χ0n) is 16.9. The van der Waals surface area contributed by atoms with E-state index in [0.29, 0.717) is 62.5 Å². The Kier molecular flexibility index (Phi) is 6.66. The van der Waals surface area contributed by atoms with Crippen LogP contribution in [0.4, 0.5) is 0 Å². The van der Waals surface area contributed by atoms with Crippen LogP contribution in [0.15, 0.2) is 47.4 Å². The predicted octanol–water partition coefficient (Wildman–Crippen LogP) is 1.73. The van der Waals surface area contributed by atoms with Crippen molar-refractivity contribution in [1.82, 2.24) is 14.5 Å². The molecule has 1 amide bonds. The Labute approximate surface area is 186 Å². The van der Waals surface area contributed by atoms with Crippen molar-refractivity contribution in [2.45, 2.75) is 11.4 Å². The van der Waals surface area contributed by atoms with Gasteiger partial charge in [0.1, 0.15) is 13.2 Å². The summed E-state index contributed by atoms with van der Waals surface area (Å²) in [5, 5.41) is 3.47. The van der Waals surface area contributed by atoms with Crippen LogP contribution in [-0.4, -0.2) is 69.5 Å². The van der Waals surface area contributed by atoms with Crippen LogP contribution in [0.25, 0.3) is 0 Å². The molecule has 2 aromatic rings. The number of carbonyl (C=O) groups excluding carboxylic acids is 1. The van der Waals surface area contributed by atoms with E-state index in [0.717, 1.165) is 5.56 Å². The second-order valence-electron chi connectivity index (χ2n) is 7.35. The van der Waals surface area contributed by atoms with Crippen molar-refractivity contribution >= 4 is 27.5 Å². The minimum Gasteiger partial charge on any atom is -0.486 e. The van der Waals surface area contributed by atoms with Gasteiger partial charge in [-0.25, -0.2) is 8.42 Å². The highest BCUT2D eigenvalue weighted by Crippen LogP contribution is 2.33. The molecule has 0 saturated carbocycles. The number of ether oxygens (including phenoxy) is 2. The van der Waals surface area contributed by atoms with Crippen molar-refractivity contribution in [1.29, 1.82) is 0 Å². The molecule has 31 heavy (non-hydrogen) atoms. The van der Waals surface area contributed by atoms with Crippen LogP contribution >= 0.6 is 11.6 Å². The standard InChI is InChI=1S/C21H24ClN3O5S/c22-18-4-2-1-3-16(18)14-23-21(26)15-24-7-9-25(10-8-24)31(27,28)17-5-6-19-20(13-17)30-12-11-29-19/h1-6,13H,7-12,14-15H2,(H,23,26). The van der Waals surface area contributed by atoms with Gasteiger partial charge in [0.2, 0.25) is 15.9 Å². The molecule has 2 heterocycles. The summed E-state index contributed by atoms with van der Waals surface area (Å²) in [5.41, 5.74) is 0.854. The molecule has 0 aliphatic carbocycles. The lowest BCUT2D eigenvalue weighted by molar-refractivity contribution is -0.122. The molecular formula is C21H24ClN3O5S. The van der Waals surface area contributed by atoms with Gasteiger partial charge in [-0.2, -0.15) is 4.31 Å². The molecule has 0 unspecified atom stereocenters. The Morgan fingerprint density at radius 2 is 1.71 bits per heavy atom. The number of benzene rings is 2. The maximum atomic E-state index is 13.0. The van der Waals surface area contributed by atoms with Gasteiger partial charge in [0.05, 0.1) is 11.4 Å². The lowest BCUT2D eigenvalue weighted by Crippen LogP contribution is -2.51. The molecular weight excluding hydrogens is 442 g/mol. The first-order valence-electron chi connectivity index (χ1n) is 10.1. The normalized spacial score (nSPS) is 17.3. The molecule has 4 rings (SSSR count). The molecule has 0 bridgehead atoms. The Balaban J connectivity index is 1.30. The van der Waals surface area contributed by atoms with Gasteiger partial charge >= 0.3 is 0 Å². The Morgan fingerprint density at radius 3 is 2.45 bits per heavy atom. The maximum Gasteiger partial charge on any atom is 0.243 e. The quantitative estimate of drug-likeness (QED) is 0.699. The van der Waals surface area contributed by atoms with Gasteiger partial charge in [-0.05, 0) is 23.8 Å². The molecule has 1 fully saturated rings. The molecule has 2 aliphatic heterocycles. The van der Waals surface area contributed by atoms with E-state index in [9.17, 15) is 13.2 Å². The van der Waals surface area contributed by atoms with Crippen LogP contribution in [0.2, 0.25) is 5.02 Å². The molecule has 2 aromatic carbocycles. The van der Waals surface area contributed by atoms with Gasteiger partial charge in [0.25, 0.3) is 0 Å². The molecule has 0 aromatic heterocycles. The summed E-state index contributed by atoms with van der Waals surface area (Å²) in [4.78, 5) is 14.4. The number of rotatable bonds is 6. The minimum atomic E-state index is -3.64. The van der Waals surface area contributed by atoms with E-state index >= 15 is 0 Å². The van der Waals surface area contributed by atoms with Crippen LogP contribution in [0.3, 0.4) is 0 Å². The second-order valence-corrected chi connectivity index (χ2v) is 9.70. The number of nitrogens with one attached hydrogen (secondary N) is 1. The molecule has 1 saturated heterocycles. The molecule has 10 heteroatoms. The van der Waals surface area contributed by atoms with E-state index in [-0.39, 0.29) is 17.3 Å². The summed E-state index contributed by atoms with van der Waals surface area (Å²) in [7, 11) is -3.64. The number of piperazine rings is 1. The second kappa shape index (κ2) is 9.44. The first-order chi connectivity index (χ1) is 14.9. The average molecular weight is 466 g/mol. The summed E-state index contributed by atoms with van der Waals surface area (Å²) < 4.78 is 38.4.